The Balaban J connectivity index is 2.64. The molecule has 1 N–H and O–H groups in total. The molecule has 0 saturated carbocycles. The minimum Gasteiger partial charge on any atom is -0.380 e. The highest BCUT2D eigenvalue weighted by atomic mass is 19.1. The van der Waals surface area contributed by atoms with Crippen LogP contribution < -0.4 is 0 Å². The first-order valence-electron chi connectivity index (χ1n) is 6.08. The van der Waals surface area contributed by atoms with Crippen molar-refractivity contribution in [3.05, 3.63) is 70.3 Å². The van der Waals surface area contributed by atoms with E-state index in [2.05, 4.69) is 0 Å². The molecule has 0 radical (unpaired) electrons. The van der Waals surface area contributed by atoms with Crippen molar-refractivity contribution in [2.45, 2.75) is 26.4 Å². The number of rotatable bonds is 2. The van der Waals surface area contributed by atoms with Crippen LogP contribution in [0.3, 0.4) is 0 Å². The Kier molecular flexibility index (Phi) is 3.42. The van der Waals surface area contributed by atoms with Crippen LogP contribution in [0.2, 0.25) is 0 Å². The summed E-state index contributed by atoms with van der Waals surface area (Å²) >= 11 is 0. The molecule has 0 spiro atoms. The summed E-state index contributed by atoms with van der Waals surface area (Å²) in [5.41, 5.74) is 0.333. The Labute approximate surface area is 111 Å². The van der Waals surface area contributed by atoms with E-state index in [1.54, 1.807) is 12.1 Å². The Morgan fingerprint density at radius 2 is 1.42 bits per heavy atom. The third-order valence-electron chi connectivity index (χ3n) is 3.23. The van der Waals surface area contributed by atoms with Crippen molar-refractivity contribution in [1.29, 1.82) is 0 Å². The zero-order valence-corrected chi connectivity index (χ0v) is 11.2. The maximum atomic E-state index is 13.8. The van der Waals surface area contributed by atoms with Gasteiger partial charge in [0.25, 0.3) is 0 Å². The minimum absolute atomic E-state index is 0.319. The second-order valence-corrected chi connectivity index (χ2v) is 5.05. The molecule has 1 nitrogen and oxygen atoms in total. The van der Waals surface area contributed by atoms with Gasteiger partial charge in [-0.2, -0.15) is 0 Å². The maximum absolute atomic E-state index is 13.8. The molecule has 1 atom stereocenters. The highest BCUT2D eigenvalue weighted by molar-refractivity contribution is 5.40. The van der Waals surface area contributed by atoms with E-state index in [0.29, 0.717) is 5.56 Å². The SMILES string of the molecule is Cc1cc(C)cc(C(C)(O)c2c(F)cccc2F)c1. The quantitative estimate of drug-likeness (QED) is 0.872. The lowest BCUT2D eigenvalue weighted by atomic mass is 9.86. The predicted molar refractivity (Wildman–Crippen MR) is 70.9 cm³/mol. The van der Waals surface area contributed by atoms with E-state index in [0.717, 1.165) is 23.3 Å². The molecule has 0 heterocycles. The summed E-state index contributed by atoms with van der Waals surface area (Å²) in [4.78, 5) is 0. The standard InChI is InChI=1S/C16H16F2O/c1-10-7-11(2)9-12(8-10)16(3,19)15-13(17)5-4-6-14(15)18/h4-9,19H,1-3H3. The molecule has 0 aliphatic rings. The molecule has 2 aromatic carbocycles. The molecular weight excluding hydrogens is 246 g/mol. The van der Waals surface area contributed by atoms with Crippen LogP contribution in [0.15, 0.2) is 36.4 Å². The summed E-state index contributed by atoms with van der Waals surface area (Å²) < 4.78 is 27.7. The molecule has 0 aliphatic carbocycles. The van der Waals surface area contributed by atoms with Gasteiger partial charge in [-0.3, -0.25) is 0 Å². The van der Waals surface area contributed by atoms with Gasteiger partial charge in [0.1, 0.15) is 17.2 Å². The monoisotopic (exact) mass is 262 g/mol. The van der Waals surface area contributed by atoms with Gasteiger partial charge in [0, 0.05) is 0 Å². The van der Waals surface area contributed by atoms with Crippen LogP contribution in [0.1, 0.15) is 29.2 Å². The van der Waals surface area contributed by atoms with Crippen LogP contribution in [0, 0.1) is 25.5 Å². The smallest absolute Gasteiger partial charge is 0.132 e. The van der Waals surface area contributed by atoms with Crippen molar-refractivity contribution in [2.24, 2.45) is 0 Å². The second kappa shape index (κ2) is 4.74. The molecule has 19 heavy (non-hydrogen) atoms. The number of hydrogen-bond donors (Lipinski definition) is 1. The molecule has 0 amide bonds. The van der Waals surface area contributed by atoms with E-state index in [1.165, 1.54) is 13.0 Å². The second-order valence-electron chi connectivity index (χ2n) is 5.05. The number of hydrogen-bond acceptors (Lipinski definition) is 1. The summed E-state index contributed by atoms with van der Waals surface area (Å²) in [6.07, 6.45) is 0. The molecule has 1 unspecified atom stereocenters. The highest BCUT2D eigenvalue weighted by Crippen LogP contribution is 2.33. The van der Waals surface area contributed by atoms with E-state index >= 15 is 0 Å². The lowest BCUT2D eigenvalue weighted by Crippen LogP contribution is -2.26. The summed E-state index contributed by atoms with van der Waals surface area (Å²) in [5, 5.41) is 10.6. The van der Waals surface area contributed by atoms with Gasteiger partial charge in [0.05, 0.1) is 5.56 Å². The van der Waals surface area contributed by atoms with Crippen LogP contribution in [0.5, 0.6) is 0 Å². The normalized spacial score (nSPS) is 14.2. The first-order chi connectivity index (χ1) is 8.82. The molecule has 2 aromatic rings. The zero-order chi connectivity index (χ0) is 14.2. The van der Waals surface area contributed by atoms with Crippen LogP contribution in [0.4, 0.5) is 8.78 Å². The lowest BCUT2D eigenvalue weighted by molar-refractivity contribution is 0.0933. The molecule has 100 valence electrons. The number of halogens is 2. The van der Waals surface area contributed by atoms with Gasteiger partial charge in [-0.1, -0.05) is 35.4 Å². The summed E-state index contributed by atoms with van der Waals surface area (Å²) in [6, 6.07) is 8.99. The third-order valence-corrected chi connectivity index (χ3v) is 3.23. The van der Waals surface area contributed by atoms with E-state index in [9.17, 15) is 13.9 Å². The number of aliphatic hydroxyl groups is 1. The van der Waals surface area contributed by atoms with Crippen molar-refractivity contribution in [3.8, 4) is 0 Å². The summed E-state index contributed by atoms with van der Waals surface area (Å²) in [6.45, 7) is 5.16. The van der Waals surface area contributed by atoms with Crippen LogP contribution in [0.25, 0.3) is 0 Å². The average Bonchev–Trinajstić information content (AvgIpc) is 2.26. The lowest BCUT2D eigenvalue weighted by Gasteiger charge is -2.26. The Bertz CT molecular complexity index is 578. The first kappa shape index (κ1) is 13.7. The van der Waals surface area contributed by atoms with Gasteiger partial charge in [-0.05, 0) is 38.5 Å². The van der Waals surface area contributed by atoms with E-state index in [1.807, 2.05) is 19.9 Å². The molecule has 0 aliphatic heterocycles. The fourth-order valence-corrected chi connectivity index (χ4v) is 2.36. The van der Waals surface area contributed by atoms with Gasteiger partial charge in [-0.15, -0.1) is 0 Å². The average molecular weight is 262 g/mol. The molecule has 0 bridgehead atoms. The predicted octanol–water partition coefficient (Wildman–Crippen LogP) is 3.84. The number of benzene rings is 2. The van der Waals surface area contributed by atoms with Gasteiger partial charge >= 0.3 is 0 Å². The zero-order valence-electron chi connectivity index (χ0n) is 11.2. The topological polar surface area (TPSA) is 20.2 Å². The highest BCUT2D eigenvalue weighted by Gasteiger charge is 2.32. The van der Waals surface area contributed by atoms with Crippen molar-refractivity contribution < 1.29 is 13.9 Å². The van der Waals surface area contributed by atoms with E-state index in [-0.39, 0.29) is 5.56 Å². The van der Waals surface area contributed by atoms with Crippen LogP contribution in [-0.2, 0) is 5.60 Å². The Morgan fingerprint density at radius 1 is 0.947 bits per heavy atom. The van der Waals surface area contributed by atoms with Gasteiger partial charge in [-0.25, -0.2) is 8.78 Å². The van der Waals surface area contributed by atoms with Crippen molar-refractivity contribution in [1.82, 2.24) is 0 Å². The molecule has 0 fully saturated rings. The molecule has 2 rings (SSSR count). The molecule has 3 heteroatoms. The fourth-order valence-electron chi connectivity index (χ4n) is 2.36. The Hall–Kier alpha value is -1.74. The van der Waals surface area contributed by atoms with E-state index in [4.69, 9.17) is 0 Å². The Morgan fingerprint density at radius 3 is 1.89 bits per heavy atom. The van der Waals surface area contributed by atoms with Crippen molar-refractivity contribution in [3.63, 3.8) is 0 Å². The molecular formula is C16H16F2O. The van der Waals surface area contributed by atoms with Crippen molar-refractivity contribution >= 4 is 0 Å². The van der Waals surface area contributed by atoms with Crippen molar-refractivity contribution in [2.75, 3.05) is 0 Å². The minimum atomic E-state index is -1.70. The van der Waals surface area contributed by atoms with E-state index < -0.39 is 17.2 Å². The summed E-state index contributed by atoms with van der Waals surface area (Å²) in [5.74, 6) is -1.49. The largest absolute Gasteiger partial charge is 0.380 e. The van der Waals surface area contributed by atoms with Gasteiger partial charge in [0.15, 0.2) is 0 Å². The summed E-state index contributed by atoms with van der Waals surface area (Å²) in [7, 11) is 0. The van der Waals surface area contributed by atoms with Crippen LogP contribution in [-0.4, -0.2) is 5.11 Å². The number of aryl methyl sites for hydroxylation is 2. The first-order valence-corrected chi connectivity index (χ1v) is 6.08. The van der Waals surface area contributed by atoms with Crippen LogP contribution >= 0.6 is 0 Å². The molecule has 0 aromatic heterocycles. The fraction of sp³-hybridized carbons (Fsp3) is 0.250. The third kappa shape index (κ3) is 2.51. The van der Waals surface area contributed by atoms with Gasteiger partial charge in [0.2, 0.25) is 0 Å². The van der Waals surface area contributed by atoms with Gasteiger partial charge < -0.3 is 5.11 Å². The maximum Gasteiger partial charge on any atom is 0.132 e. The molecule has 0 saturated heterocycles.